The quantitative estimate of drug-likeness (QED) is 0.0415. The van der Waals surface area contributed by atoms with Crippen LogP contribution in [-0.4, -0.2) is 93.2 Å². The number of sulfone groups is 1. The van der Waals surface area contributed by atoms with Crippen LogP contribution in [0.15, 0.2) is 30.4 Å². The van der Waals surface area contributed by atoms with Crippen LogP contribution in [0.5, 0.6) is 0 Å². The van der Waals surface area contributed by atoms with Crippen LogP contribution in [0, 0.1) is 6.92 Å². The first-order valence-corrected chi connectivity index (χ1v) is 21.6. The van der Waals surface area contributed by atoms with Gasteiger partial charge in [-0.3, -0.25) is 10.6 Å². The Hall–Kier alpha value is -3.78. The molecule has 27 heteroatoms. The van der Waals surface area contributed by atoms with Gasteiger partial charge >= 0.3 is 59.2 Å². The maximum atomic E-state index is 14.3. The van der Waals surface area contributed by atoms with Gasteiger partial charge in [0.25, 0.3) is 0 Å². The first-order valence-electron chi connectivity index (χ1n) is 20.0. The maximum absolute atomic E-state index is 14.3. The van der Waals surface area contributed by atoms with Gasteiger partial charge in [-0.25, -0.2) is 22.4 Å². The molecule has 0 fully saturated rings. The molecule has 2 amide bonds. The summed E-state index contributed by atoms with van der Waals surface area (Å²) in [6.45, 7) is 1.58. The first-order chi connectivity index (χ1) is 29.7. The van der Waals surface area contributed by atoms with Gasteiger partial charge in [0.15, 0.2) is 0 Å². The van der Waals surface area contributed by atoms with Crippen molar-refractivity contribution in [3.05, 3.63) is 35.9 Å². The van der Waals surface area contributed by atoms with Crippen molar-refractivity contribution in [1.82, 2.24) is 5.32 Å². The highest BCUT2D eigenvalue weighted by Crippen LogP contribution is 2.65. The minimum absolute atomic E-state index is 0.0691. The van der Waals surface area contributed by atoms with Crippen molar-refractivity contribution in [2.45, 2.75) is 151 Å². The molecular weight excluding hydrogens is 949 g/mol. The summed E-state index contributed by atoms with van der Waals surface area (Å²) in [7, 11) is -7.38. The monoisotopic (exact) mass is 999 g/mol. The van der Waals surface area contributed by atoms with E-state index < -0.39 is 88.0 Å². The van der Waals surface area contributed by atoms with Crippen molar-refractivity contribution in [2.24, 2.45) is 0 Å². The molecular formula is C38H50F17N3O6S. The summed E-state index contributed by atoms with van der Waals surface area (Å²) in [6.07, 6.45) is 0.760. The fourth-order valence-electron chi connectivity index (χ4n) is 5.67. The molecule has 378 valence electrons. The SMILES string of the molecule is CCCCCCCCC=CCCCCCCCCOC(=O)Nc1cc(NC(=O)OCCNCS(=O)(=O)C(F)(F)C(F)(F)C(F)(F)C(F)(F)C(F)(F)C(F)(C(F)(F)F)C(F)(F)F)ccc1C. The number of carbonyl (C=O) groups excluding carboxylic acids is 2. The van der Waals surface area contributed by atoms with Gasteiger partial charge in [0.1, 0.15) is 12.5 Å². The molecule has 0 heterocycles. The van der Waals surface area contributed by atoms with Crippen LogP contribution in [0.2, 0.25) is 0 Å². The van der Waals surface area contributed by atoms with E-state index >= 15 is 0 Å². The highest BCUT2D eigenvalue weighted by molar-refractivity contribution is 7.92. The van der Waals surface area contributed by atoms with Crippen LogP contribution < -0.4 is 16.0 Å². The zero-order valence-electron chi connectivity index (χ0n) is 34.9. The average Bonchev–Trinajstić information content (AvgIpc) is 3.18. The summed E-state index contributed by atoms with van der Waals surface area (Å²) in [5.74, 6) is -38.1. The minimum atomic E-state index is -9.04. The standard InChI is InChI=1S/C38H50F17N3O6S/c1-3-4-5-6-7-8-9-10-11-12-13-14-15-16-17-18-22-63-30(60)58-28-24-27(20-19-26(28)2)57-29(59)64-23-21-56-25-65(61,62)38(54,55)35(46,47)34(44,45)33(42,43)32(40,41)31(39,36(48,49)50)37(51,52)53/h10-11,19-20,24,56H,3-9,12-18,21-23,25H2,1-2H3,(H,57,59)(H,58,60). The topological polar surface area (TPSA) is 123 Å². The molecule has 0 saturated carbocycles. The molecule has 1 aromatic carbocycles. The number of nitrogens with one attached hydrogen (secondary N) is 3. The van der Waals surface area contributed by atoms with Crippen LogP contribution in [0.4, 0.5) is 95.6 Å². The maximum Gasteiger partial charge on any atom is 0.438 e. The number of aryl methyl sites for hydroxylation is 1. The Bertz CT molecular complexity index is 1780. The smallest absolute Gasteiger partial charge is 0.438 e. The molecule has 0 aliphatic rings. The number of carbonyl (C=O) groups is 2. The lowest BCUT2D eigenvalue weighted by Crippen LogP contribution is -2.77. The third kappa shape index (κ3) is 14.9. The van der Waals surface area contributed by atoms with Crippen molar-refractivity contribution in [2.75, 3.05) is 36.3 Å². The van der Waals surface area contributed by atoms with Crippen molar-refractivity contribution in [1.29, 1.82) is 0 Å². The van der Waals surface area contributed by atoms with Gasteiger partial charge in [0.2, 0.25) is 9.84 Å². The fraction of sp³-hybridized carbons (Fsp3) is 0.737. The van der Waals surface area contributed by atoms with Crippen molar-refractivity contribution in [3.8, 4) is 0 Å². The van der Waals surface area contributed by atoms with Gasteiger partial charge in [-0.2, -0.15) is 70.2 Å². The lowest BCUT2D eigenvalue weighted by atomic mass is 9.86. The largest absolute Gasteiger partial charge is 0.449 e. The Labute approximate surface area is 363 Å². The van der Waals surface area contributed by atoms with Crippen LogP contribution in [0.1, 0.15) is 102 Å². The molecule has 9 nitrogen and oxygen atoms in total. The van der Waals surface area contributed by atoms with E-state index in [0.29, 0.717) is 12.0 Å². The number of anilines is 2. The predicted octanol–water partition coefficient (Wildman–Crippen LogP) is 13.1. The average molecular weight is 1000 g/mol. The second-order valence-corrected chi connectivity index (χ2v) is 16.7. The van der Waals surface area contributed by atoms with Gasteiger partial charge < -0.3 is 14.8 Å². The van der Waals surface area contributed by atoms with E-state index in [9.17, 15) is 92.6 Å². The van der Waals surface area contributed by atoms with Gasteiger partial charge in [0, 0.05) is 17.9 Å². The molecule has 65 heavy (non-hydrogen) atoms. The third-order valence-corrected chi connectivity index (χ3v) is 11.2. The molecule has 0 aliphatic heterocycles. The zero-order chi connectivity index (χ0) is 50.2. The van der Waals surface area contributed by atoms with Crippen LogP contribution in [0.3, 0.4) is 0 Å². The summed E-state index contributed by atoms with van der Waals surface area (Å²) in [4.78, 5) is 24.5. The fourth-order valence-corrected chi connectivity index (χ4v) is 6.78. The van der Waals surface area contributed by atoms with E-state index in [2.05, 4.69) is 34.4 Å². The van der Waals surface area contributed by atoms with E-state index in [4.69, 9.17) is 4.74 Å². The number of amides is 2. The summed E-state index contributed by atoms with van der Waals surface area (Å²) in [6, 6.07) is 3.89. The number of hydrogen-bond acceptors (Lipinski definition) is 7. The Kier molecular flexibility index (Phi) is 22.1. The van der Waals surface area contributed by atoms with Gasteiger partial charge in [-0.1, -0.05) is 82.9 Å². The van der Waals surface area contributed by atoms with Gasteiger partial charge in [-0.05, 0) is 56.7 Å². The molecule has 1 rings (SSSR count). The summed E-state index contributed by atoms with van der Waals surface area (Å²) < 4.78 is 264. The van der Waals surface area contributed by atoms with E-state index in [1.165, 1.54) is 62.0 Å². The number of ether oxygens (including phenoxy) is 2. The van der Waals surface area contributed by atoms with E-state index in [1.807, 2.05) is 0 Å². The summed E-state index contributed by atoms with van der Waals surface area (Å²) >= 11 is 0. The molecule has 0 unspecified atom stereocenters. The van der Waals surface area contributed by atoms with E-state index in [1.54, 1.807) is 6.92 Å². The number of alkyl halides is 17. The van der Waals surface area contributed by atoms with E-state index in [-0.39, 0.29) is 18.0 Å². The molecule has 0 spiro atoms. The number of benzene rings is 1. The molecule has 0 aromatic heterocycles. The number of hydrogen-bond donors (Lipinski definition) is 3. The Balaban J connectivity index is 2.63. The zero-order valence-corrected chi connectivity index (χ0v) is 35.7. The van der Waals surface area contributed by atoms with E-state index in [0.717, 1.165) is 44.9 Å². The van der Waals surface area contributed by atoms with Gasteiger partial charge in [-0.15, -0.1) is 0 Å². The molecule has 0 aliphatic carbocycles. The highest BCUT2D eigenvalue weighted by atomic mass is 32.2. The number of rotatable bonds is 29. The molecule has 0 radical (unpaired) electrons. The first kappa shape index (κ1) is 59.2. The van der Waals surface area contributed by atoms with Crippen molar-refractivity contribution < 1.29 is 102 Å². The molecule has 0 saturated heterocycles. The second-order valence-electron chi connectivity index (χ2n) is 14.7. The normalized spacial score (nSPS) is 13.9. The van der Waals surface area contributed by atoms with Crippen LogP contribution in [-0.2, 0) is 19.3 Å². The Morgan fingerprint density at radius 1 is 0.585 bits per heavy atom. The van der Waals surface area contributed by atoms with Crippen molar-refractivity contribution >= 4 is 33.4 Å². The number of unbranched alkanes of at least 4 members (excludes halogenated alkanes) is 12. The molecule has 3 N–H and O–H groups in total. The number of allylic oxidation sites excluding steroid dienone is 2. The van der Waals surface area contributed by atoms with Gasteiger partial charge in [0.05, 0.1) is 6.61 Å². The van der Waals surface area contributed by atoms with Crippen molar-refractivity contribution in [3.63, 3.8) is 0 Å². The second kappa shape index (κ2) is 24.3. The predicted molar refractivity (Wildman–Crippen MR) is 203 cm³/mol. The minimum Gasteiger partial charge on any atom is -0.449 e. The Morgan fingerprint density at radius 2 is 1.03 bits per heavy atom. The number of halogens is 17. The van der Waals surface area contributed by atoms with Crippen LogP contribution in [0.25, 0.3) is 0 Å². The molecule has 0 bridgehead atoms. The summed E-state index contributed by atoms with van der Waals surface area (Å²) in [5.41, 5.74) is -8.23. The third-order valence-electron chi connectivity index (χ3n) is 9.57. The summed E-state index contributed by atoms with van der Waals surface area (Å²) in [5, 5.41) is -1.86. The molecule has 1 aromatic rings. The Morgan fingerprint density at radius 3 is 1.54 bits per heavy atom. The highest BCUT2D eigenvalue weighted by Gasteiger charge is 2.97. The van der Waals surface area contributed by atoms with Crippen LogP contribution >= 0.6 is 0 Å². The molecule has 0 atom stereocenters. The lowest BCUT2D eigenvalue weighted by molar-refractivity contribution is -0.462. The lowest BCUT2D eigenvalue weighted by Gasteiger charge is -2.44.